The van der Waals surface area contributed by atoms with Crippen molar-refractivity contribution in [2.24, 2.45) is 5.73 Å². The van der Waals surface area contributed by atoms with Crippen LogP contribution < -0.4 is 5.73 Å². The van der Waals surface area contributed by atoms with Crippen molar-refractivity contribution in [2.75, 3.05) is 6.61 Å². The Labute approximate surface area is 113 Å². The predicted molar refractivity (Wildman–Crippen MR) is 73.9 cm³/mol. The molecule has 19 heavy (non-hydrogen) atoms. The van der Waals surface area contributed by atoms with Gasteiger partial charge in [0.25, 0.3) is 0 Å². The van der Waals surface area contributed by atoms with Crippen LogP contribution in [0.2, 0.25) is 0 Å². The van der Waals surface area contributed by atoms with Gasteiger partial charge >= 0.3 is 0 Å². The summed E-state index contributed by atoms with van der Waals surface area (Å²) in [6, 6.07) is 12.2. The van der Waals surface area contributed by atoms with Gasteiger partial charge in [-0.1, -0.05) is 31.2 Å². The summed E-state index contributed by atoms with van der Waals surface area (Å²) in [5.41, 5.74) is 8.98. The number of nitrogens with two attached hydrogens (primary N) is 1. The van der Waals surface area contributed by atoms with Crippen LogP contribution in [0.3, 0.4) is 0 Å². The third kappa shape index (κ3) is 2.31. The maximum Gasteiger partial charge on any atom is 0.108 e. The highest BCUT2D eigenvalue weighted by atomic mass is 16.5. The number of rotatable bonds is 3. The second kappa shape index (κ2) is 5.19. The van der Waals surface area contributed by atoms with Crippen molar-refractivity contribution in [1.29, 1.82) is 0 Å². The standard InChI is InChI=1S/C16H19NO2/c1-11(14-7-4-9-18-14)15(17)16-13-6-3-2-5-12(13)8-10-19-16/h2-7,9,11,15-16H,8,10,17H2,1H3. The summed E-state index contributed by atoms with van der Waals surface area (Å²) >= 11 is 0. The second-order valence-electron chi connectivity index (χ2n) is 5.12. The summed E-state index contributed by atoms with van der Waals surface area (Å²) in [5, 5.41) is 0. The molecular formula is C16H19NO2. The number of furan rings is 1. The molecule has 3 atom stereocenters. The molecular weight excluding hydrogens is 238 g/mol. The summed E-state index contributed by atoms with van der Waals surface area (Å²) in [6.07, 6.45) is 2.60. The van der Waals surface area contributed by atoms with Gasteiger partial charge in [-0.25, -0.2) is 0 Å². The quantitative estimate of drug-likeness (QED) is 0.919. The van der Waals surface area contributed by atoms with Crippen LogP contribution in [0, 0.1) is 0 Å². The Kier molecular flexibility index (Phi) is 3.40. The highest BCUT2D eigenvalue weighted by Crippen LogP contribution is 2.34. The van der Waals surface area contributed by atoms with Gasteiger partial charge in [0.05, 0.1) is 19.0 Å². The third-order valence-corrected chi connectivity index (χ3v) is 3.95. The van der Waals surface area contributed by atoms with E-state index in [0.717, 1.165) is 18.8 Å². The lowest BCUT2D eigenvalue weighted by Crippen LogP contribution is -2.37. The zero-order chi connectivity index (χ0) is 13.2. The normalized spacial score (nSPS) is 21.7. The average Bonchev–Trinajstić information content (AvgIpc) is 2.99. The van der Waals surface area contributed by atoms with Crippen molar-refractivity contribution in [2.45, 2.75) is 31.4 Å². The Morgan fingerprint density at radius 1 is 1.21 bits per heavy atom. The summed E-state index contributed by atoms with van der Waals surface area (Å²) in [7, 11) is 0. The van der Waals surface area contributed by atoms with Gasteiger partial charge in [-0.2, -0.15) is 0 Å². The first-order valence-electron chi connectivity index (χ1n) is 6.76. The maximum atomic E-state index is 6.41. The lowest BCUT2D eigenvalue weighted by molar-refractivity contribution is 0.0181. The van der Waals surface area contributed by atoms with E-state index in [-0.39, 0.29) is 18.1 Å². The maximum absolute atomic E-state index is 6.41. The highest BCUT2D eigenvalue weighted by molar-refractivity contribution is 5.32. The zero-order valence-electron chi connectivity index (χ0n) is 11.1. The average molecular weight is 257 g/mol. The van der Waals surface area contributed by atoms with Gasteiger partial charge in [0.2, 0.25) is 0 Å². The number of hydrogen-bond donors (Lipinski definition) is 1. The Morgan fingerprint density at radius 3 is 2.84 bits per heavy atom. The number of ether oxygens (including phenoxy) is 1. The van der Waals surface area contributed by atoms with E-state index in [9.17, 15) is 0 Å². The number of hydrogen-bond acceptors (Lipinski definition) is 3. The number of benzene rings is 1. The minimum absolute atomic E-state index is 0.0509. The lowest BCUT2D eigenvalue weighted by atomic mass is 9.87. The molecule has 3 rings (SSSR count). The molecule has 0 bridgehead atoms. The summed E-state index contributed by atoms with van der Waals surface area (Å²) in [4.78, 5) is 0. The van der Waals surface area contributed by atoms with Crippen LogP contribution in [-0.4, -0.2) is 12.6 Å². The molecule has 1 aromatic heterocycles. The second-order valence-corrected chi connectivity index (χ2v) is 5.12. The SMILES string of the molecule is CC(c1ccco1)C(N)C1OCCc2ccccc21. The van der Waals surface area contributed by atoms with Crippen LogP contribution in [0.5, 0.6) is 0 Å². The molecule has 0 saturated carbocycles. The van der Waals surface area contributed by atoms with Gasteiger partial charge < -0.3 is 14.9 Å². The predicted octanol–water partition coefficient (Wildman–Crippen LogP) is 3.02. The van der Waals surface area contributed by atoms with E-state index in [1.54, 1.807) is 6.26 Å². The minimum Gasteiger partial charge on any atom is -0.469 e. The Balaban J connectivity index is 1.87. The molecule has 0 spiro atoms. The third-order valence-electron chi connectivity index (χ3n) is 3.95. The minimum atomic E-state index is -0.104. The molecule has 2 N–H and O–H groups in total. The van der Waals surface area contributed by atoms with E-state index in [4.69, 9.17) is 14.9 Å². The van der Waals surface area contributed by atoms with Crippen molar-refractivity contribution in [3.8, 4) is 0 Å². The molecule has 2 heterocycles. The number of fused-ring (bicyclic) bond motifs is 1. The van der Waals surface area contributed by atoms with Crippen molar-refractivity contribution >= 4 is 0 Å². The molecule has 2 aromatic rings. The van der Waals surface area contributed by atoms with Crippen molar-refractivity contribution < 1.29 is 9.15 Å². The first kappa shape index (κ1) is 12.5. The van der Waals surface area contributed by atoms with Crippen LogP contribution in [-0.2, 0) is 11.2 Å². The van der Waals surface area contributed by atoms with Gasteiger partial charge in [-0.15, -0.1) is 0 Å². The van der Waals surface area contributed by atoms with E-state index >= 15 is 0 Å². The van der Waals surface area contributed by atoms with Crippen molar-refractivity contribution in [1.82, 2.24) is 0 Å². The van der Waals surface area contributed by atoms with Crippen LogP contribution in [0.25, 0.3) is 0 Å². The Morgan fingerprint density at radius 2 is 2.05 bits per heavy atom. The van der Waals surface area contributed by atoms with Gasteiger partial charge in [0.15, 0.2) is 0 Å². The topological polar surface area (TPSA) is 48.4 Å². The van der Waals surface area contributed by atoms with Gasteiger partial charge in [-0.05, 0) is 29.7 Å². The zero-order valence-corrected chi connectivity index (χ0v) is 11.1. The molecule has 0 aliphatic carbocycles. The molecule has 1 aromatic carbocycles. The first-order chi connectivity index (χ1) is 9.27. The van der Waals surface area contributed by atoms with Gasteiger partial charge in [-0.3, -0.25) is 0 Å². The van der Waals surface area contributed by atoms with Crippen LogP contribution in [0.1, 0.15) is 35.8 Å². The smallest absolute Gasteiger partial charge is 0.108 e. The molecule has 3 heteroatoms. The molecule has 0 fully saturated rings. The molecule has 3 unspecified atom stereocenters. The van der Waals surface area contributed by atoms with E-state index in [0.29, 0.717) is 0 Å². The van der Waals surface area contributed by atoms with E-state index in [1.165, 1.54) is 11.1 Å². The highest BCUT2D eigenvalue weighted by Gasteiger charge is 2.31. The summed E-state index contributed by atoms with van der Waals surface area (Å²) < 4.78 is 11.4. The fourth-order valence-corrected chi connectivity index (χ4v) is 2.75. The molecule has 3 nitrogen and oxygen atoms in total. The Bertz CT molecular complexity index is 535. The van der Waals surface area contributed by atoms with Gasteiger partial charge in [0.1, 0.15) is 5.76 Å². The molecule has 1 aliphatic heterocycles. The van der Waals surface area contributed by atoms with E-state index < -0.39 is 0 Å². The largest absolute Gasteiger partial charge is 0.469 e. The molecule has 0 radical (unpaired) electrons. The Hall–Kier alpha value is -1.58. The van der Waals surface area contributed by atoms with E-state index in [2.05, 4.69) is 25.1 Å². The molecule has 1 aliphatic rings. The van der Waals surface area contributed by atoms with Crippen LogP contribution in [0.4, 0.5) is 0 Å². The fraction of sp³-hybridized carbons (Fsp3) is 0.375. The van der Waals surface area contributed by atoms with Crippen molar-refractivity contribution in [3.63, 3.8) is 0 Å². The molecule has 0 amide bonds. The van der Waals surface area contributed by atoms with Gasteiger partial charge in [0, 0.05) is 12.0 Å². The van der Waals surface area contributed by atoms with Crippen LogP contribution in [0.15, 0.2) is 47.1 Å². The molecule has 100 valence electrons. The first-order valence-corrected chi connectivity index (χ1v) is 6.76. The summed E-state index contributed by atoms with van der Waals surface area (Å²) in [6.45, 7) is 2.82. The monoisotopic (exact) mass is 257 g/mol. The fourth-order valence-electron chi connectivity index (χ4n) is 2.75. The lowest BCUT2D eigenvalue weighted by Gasteiger charge is -2.32. The summed E-state index contributed by atoms with van der Waals surface area (Å²) in [5.74, 6) is 1.05. The molecule has 0 saturated heterocycles. The van der Waals surface area contributed by atoms with E-state index in [1.807, 2.05) is 18.2 Å². The van der Waals surface area contributed by atoms with Crippen LogP contribution >= 0.6 is 0 Å². The van der Waals surface area contributed by atoms with Crippen molar-refractivity contribution in [3.05, 3.63) is 59.5 Å².